The molecule has 1 aromatic rings. The molecule has 102 valence electrons. The highest BCUT2D eigenvalue weighted by Crippen LogP contribution is 2.25. The van der Waals surface area contributed by atoms with Gasteiger partial charge in [-0.15, -0.1) is 0 Å². The van der Waals surface area contributed by atoms with Crippen molar-refractivity contribution in [2.75, 3.05) is 12.4 Å². The molecule has 0 aliphatic heterocycles. The van der Waals surface area contributed by atoms with Gasteiger partial charge in [-0.05, 0) is 12.1 Å². The topological polar surface area (TPSA) is 43.4 Å². The summed E-state index contributed by atoms with van der Waals surface area (Å²) in [5.41, 5.74) is -0.651. The summed E-state index contributed by atoms with van der Waals surface area (Å²) in [6.45, 7) is 3.54. The Morgan fingerprint density at radius 2 is 2.00 bits per heavy atom. The first-order valence-corrected chi connectivity index (χ1v) is 7.95. The van der Waals surface area contributed by atoms with Crippen molar-refractivity contribution in [2.45, 2.75) is 13.8 Å². The zero-order valence-corrected chi connectivity index (χ0v) is 12.2. The average molecular weight is 315 g/mol. The van der Waals surface area contributed by atoms with Crippen LogP contribution in [0.4, 0.5) is 4.39 Å². The third-order valence-electron chi connectivity index (χ3n) is 2.08. The van der Waals surface area contributed by atoms with Crippen LogP contribution in [0.2, 0.25) is 5.02 Å². The molecule has 0 atom stereocenters. The maximum absolute atomic E-state index is 12.9. The molecule has 0 aromatic heterocycles. The zero-order valence-electron chi connectivity index (χ0n) is 9.91. The summed E-state index contributed by atoms with van der Waals surface area (Å²) in [5, 5.41) is -0.0460. The number of hydrogen-bond donors (Lipinski definition) is 0. The van der Waals surface area contributed by atoms with Crippen LogP contribution >= 0.6 is 22.3 Å². The minimum Gasteiger partial charge on any atom is -0.493 e. The summed E-state index contributed by atoms with van der Waals surface area (Å²) in [6, 6.07) is 3.94. The lowest BCUT2D eigenvalue weighted by molar-refractivity contribution is 0.200. The molecule has 1 rings (SSSR count). The first-order chi connectivity index (χ1) is 8.09. The normalized spacial score (nSPS) is 12.5. The summed E-state index contributed by atoms with van der Waals surface area (Å²) in [5.74, 6) is -0.371. The largest absolute Gasteiger partial charge is 0.493 e. The van der Waals surface area contributed by atoms with Crippen molar-refractivity contribution in [2.24, 2.45) is 5.41 Å². The Morgan fingerprint density at radius 1 is 1.39 bits per heavy atom. The third-order valence-corrected chi connectivity index (χ3v) is 3.83. The van der Waals surface area contributed by atoms with Gasteiger partial charge in [-0.25, -0.2) is 12.8 Å². The van der Waals surface area contributed by atoms with Crippen LogP contribution in [-0.4, -0.2) is 20.8 Å². The number of halogens is 3. The van der Waals surface area contributed by atoms with Crippen molar-refractivity contribution in [1.29, 1.82) is 0 Å². The van der Waals surface area contributed by atoms with Crippen molar-refractivity contribution >= 4 is 31.3 Å². The monoisotopic (exact) mass is 314 g/mol. The lowest BCUT2D eigenvalue weighted by atomic mass is 9.98. The minimum absolute atomic E-state index is 0.0460. The van der Waals surface area contributed by atoms with E-state index in [4.69, 9.17) is 27.0 Å². The third kappa shape index (κ3) is 5.42. The fourth-order valence-corrected chi connectivity index (χ4v) is 3.43. The van der Waals surface area contributed by atoms with Crippen LogP contribution in [0.5, 0.6) is 5.75 Å². The van der Waals surface area contributed by atoms with Gasteiger partial charge in [0.25, 0.3) is 0 Å². The number of rotatable bonds is 5. The molecule has 7 heteroatoms. The number of hydrogen-bond acceptors (Lipinski definition) is 3. The predicted molar refractivity (Wildman–Crippen MR) is 70.3 cm³/mol. The highest BCUT2D eigenvalue weighted by atomic mass is 35.7. The van der Waals surface area contributed by atoms with E-state index in [0.717, 1.165) is 0 Å². The van der Waals surface area contributed by atoms with E-state index in [1.807, 2.05) is 0 Å². The maximum Gasteiger partial charge on any atom is 0.233 e. The van der Waals surface area contributed by atoms with Gasteiger partial charge in [-0.1, -0.05) is 25.4 Å². The second-order valence-corrected chi connectivity index (χ2v) is 7.90. The molecular weight excluding hydrogens is 302 g/mol. The highest BCUT2D eigenvalue weighted by molar-refractivity contribution is 8.13. The molecule has 0 saturated heterocycles. The van der Waals surface area contributed by atoms with Gasteiger partial charge in [0.2, 0.25) is 9.05 Å². The van der Waals surface area contributed by atoms with Gasteiger partial charge >= 0.3 is 0 Å². The van der Waals surface area contributed by atoms with Gasteiger partial charge < -0.3 is 4.74 Å². The van der Waals surface area contributed by atoms with Gasteiger partial charge in [0.15, 0.2) is 0 Å². The van der Waals surface area contributed by atoms with E-state index in [-0.39, 0.29) is 17.4 Å². The summed E-state index contributed by atoms with van der Waals surface area (Å²) >= 11 is 5.60. The van der Waals surface area contributed by atoms with Crippen molar-refractivity contribution < 1.29 is 17.5 Å². The Bertz CT molecular complexity index is 529. The Morgan fingerprint density at radius 3 is 2.50 bits per heavy atom. The van der Waals surface area contributed by atoms with E-state index in [9.17, 15) is 12.8 Å². The highest BCUT2D eigenvalue weighted by Gasteiger charge is 2.26. The smallest absolute Gasteiger partial charge is 0.233 e. The van der Waals surface area contributed by atoms with E-state index < -0.39 is 20.3 Å². The van der Waals surface area contributed by atoms with Gasteiger partial charge in [0, 0.05) is 22.2 Å². The average Bonchev–Trinajstić information content (AvgIpc) is 2.16. The second kappa shape index (κ2) is 5.63. The minimum atomic E-state index is -3.59. The Labute approximate surface area is 115 Å². The van der Waals surface area contributed by atoms with Gasteiger partial charge in [0.1, 0.15) is 11.6 Å². The number of benzene rings is 1. The van der Waals surface area contributed by atoms with Gasteiger partial charge in [-0.2, -0.15) is 0 Å². The first kappa shape index (κ1) is 15.5. The van der Waals surface area contributed by atoms with Crippen molar-refractivity contribution in [3.05, 3.63) is 29.0 Å². The fraction of sp³-hybridized carbons (Fsp3) is 0.455. The predicted octanol–water partition coefficient (Wildman–Crippen LogP) is 3.45. The molecular formula is C11H13Cl2FO3S. The van der Waals surface area contributed by atoms with E-state index in [0.29, 0.717) is 5.75 Å². The van der Waals surface area contributed by atoms with Crippen molar-refractivity contribution in [1.82, 2.24) is 0 Å². The van der Waals surface area contributed by atoms with Crippen LogP contribution in [0.3, 0.4) is 0 Å². The molecule has 1 aromatic carbocycles. The van der Waals surface area contributed by atoms with Gasteiger partial charge in [0.05, 0.1) is 17.4 Å². The van der Waals surface area contributed by atoms with Crippen LogP contribution in [0.1, 0.15) is 13.8 Å². The molecule has 0 fully saturated rings. The molecule has 0 unspecified atom stereocenters. The summed E-state index contributed by atoms with van der Waals surface area (Å²) < 4.78 is 40.3. The molecule has 18 heavy (non-hydrogen) atoms. The molecule has 0 saturated carbocycles. The first-order valence-electron chi connectivity index (χ1n) is 5.09. The molecule has 0 aliphatic rings. The quantitative estimate of drug-likeness (QED) is 0.782. The Balaban J connectivity index is 2.67. The standard InChI is InChI=1S/C11H13Cl2FO3S/c1-11(2,7-18(13,15)16)6-17-8-3-4-10(14)9(12)5-8/h3-5H,6-7H2,1-2H3. The second-order valence-electron chi connectivity index (χ2n) is 4.71. The molecule has 0 radical (unpaired) electrons. The Hall–Kier alpha value is -0.520. The summed E-state index contributed by atoms with van der Waals surface area (Å²) in [7, 11) is 1.60. The maximum atomic E-state index is 12.9. The molecule has 0 heterocycles. The molecule has 0 bridgehead atoms. The molecule has 3 nitrogen and oxygen atoms in total. The molecule has 0 spiro atoms. The van der Waals surface area contributed by atoms with E-state index in [1.54, 1.807) is 13.8 Å². The van der Waals surface area contributed by atoms with Crippen LogP contribution in [-0.2, 0) is 9.05 Å². The van der Waals surface area contributed by atoms with Crippen molar-refractivity contribution in [3.8, 4) is 5.75 Å². The lowest BCUT2D eigenvalue weighted by Crippen LogP contribution is -2.28. The van der Waals surface area contributed by atoms with Crippen LogP contribution in [0.15, 0.2) is 18.2 Å². The summed E-state index contributed by atoms with van der Waals surface area (Å²) in [6.07, 6.45) is 0. The molecule has 0 aliphatic carbocycles. The SMILES string of the molecule is CC(C)(COc1ccc(F)c(Cl)c1)CS(=O)(=O)Cl. The fourth-order valence-electron chi connectivity index (χ4n) is 1.35. The Kier molecular flexibility index (Phi) is 4.86. The van der Waals surface area contributed by atoms with E-state index in [2.05, 4.69) is 0 Å². The number of ether oxygens (including phenoxy) is 1. The van der Waals surface area contributed by atoms with E-state index in [1.165, 1.54) is 18.2 Å². The molecule has 0 N–H and O–H groups in total. The van der Waals surface area contributed by atoms with E-state index >= 15 is 0 Å². The molecule has 0 amide bonds. The van der Waals surface area contributed by atoms with Crippen LogP contribution in [0, 0.1) is 11.2 Å². The zero-order chi connectivity index (χ0) is 14.0. The van der Waals surface area contributed by atoms with Crippen molar-refractivity contribution in [3.63, 3.8) is 0 Å². The van der Waals surface area contributed by atoms with Crippen LogP contribution in [0.25, 0.3) is 0 Å². The van der Waals surface area contributed by atoms with Crippen LogP contribution < -0.4 is 4.74 Å². The van der Waals surface area contributed by atoms with Gasteiger partial charge in [-0.3, -0.25) is 0 Å². The lowest BCUT2D eigenvalue weighted by Gasteiger charge is -2.23. The summed E-state index contributed by atoms with van der Waals surface area (Å²) in [4.78, 5) is 0.